The SMILES string of the molecule is COC1CC(NC(=O)N[C@H](C(=O)O)C(C)(C)C)C1(C)C. The van der Waals surface area contributed by atoms with E-state index in [1.165, 1.54) is 0 Å². The number of nitrogens with one attached hydrogen (secondary N) is 2. The van der Waals surface area contributed by atoms with Crippen molar-refractivity contribution in [2.24, 2.45) is 10.8 Å². The van der Waals surface area contributed by atoms with Crippen molar-refractivity contribution in [1.29, 1.82) is 0 Å². The maximum Gasteiger partial charge on any atom is 0.326 e. The number of hydrogen-bond donors (Lipinski definition) is 3. The quantitative estimate of drug-likeness (QED) is 0.732. The summed E-state index contributed by atoms with van der Waals surface area (Å²) in [4.78, 5) is 23.2. The van der Waals surface area contributed by atoms with Crippen molar-refractivity contribution in [3.63, 3.8) is 0 Å². The molecule has 2 unspecified atom stereocenters. The van der Waals surface area contributed by atoms with E-state index in [9.17, 15) is 14.7 Å². The molecule has 6 nitrogen and oxygen atoms in total. The van der Waals surface area contributed by atoms with Gasteiger partial charge in [0.15, 0.2) is 0 Å². The highest BCUT2D eigenvalue weighted by Crippen LogP contribution is 2.42. The van der Waals surface area contributed by atoms with Crippen LogP contribution in [0, 0.1) is 10.8 Å². The first-order valence-corrected chi connectivity index (χ1v) is 6.82. The van der Waals surface area contributed by atoms with E-state index in [0.717, 1.165) is 6.42 Å². The van der Waals surface area contributed by atoms with Gasteiger partial charge in [0, 0.05) is 18.6 Å². The summed E-state index contributed by atoms with van der Waals surface area (Å²) in [5, 5.41) is 14.6. The Kier molecular flexibility index (Phi) is 4.69. The Morgan fingerprint density at radius 2 is 1.90 bits per heavy atom. The molecule has 2 amide bonds. The molecule has 0 radical (unpaired) electrons. The molecule has 1 aliphatic rings. The van der Waals surface area contributed by atoms with Gasteiger partial charge in [0.25, 0.3) is 0 Å². The lowest BCUT2D eigenvalue weighted by molar-refractivity contribution is -0.142. The number of methoxy groups -OCH3 is 1. The molecule has 0 bridgehead atoms. The van der Waals surface area contributed by atoms with Gasteiger partial charge in [0.1, 0.15) is 6.04 Å². The Morgan fingerprint density at radius 3 is 2.25 bits per heavy atom. The van der Waals surface area contributed by atoms with E-state index in [1.807, 2.05) is 13.8 Å². The van der Waals surface area contributed by atoms with E-state index >= 15 is 0 Å². The molecule has 3 N–H and O–H groups in total. The van der Waals surface area contributed by atoms with E-state index in [2.05, 4.69) is 10.6 Å². The first-order valence-electron chi connectivity index (χ1n) is 6.82. The van der Waals surface area contributed by atoms with Gasteiger partial charge in [-0.15, -0.1) is 0 Å². The maximum atomic E-state index is 12.0. The van der Waals surface area contributed by atoms with Crippen LogP contribution < -0.4 is 10.6 Å². The minimum Gasteiger partial charge on any atom is -0.480 e. The number of amides is 2. The van der Waals surface area contributed by atoms with Crippen molar-refractivity contribution < 1.29 is 19.4 Å². The third kappa shape index (κ3) is 3.42. The summed E-state index contributed by atoms with van der Waals surface area (Å²) in [6.07, 6.45) is 0.857. The van der Waals surface area contributed by atoms with Gasteiger partial charge in [-0.2, -0.15) is 0 Å². The molecule has 0 aromatic carbocycles. The lowest BCUT2D eigenvalue weighted by atomic mass is 9.64. The molecule has 1 saturated carbocycles. The van der Waals surface area contributed by atoms with Crippen molar-refractivity contribution in [2.75, 3.05) is 7.11 Å². The van der Waals surface area contributed by atoms with Gasteiger partial charge in [-0.1, -0.05) is 34.6 Å². The highest BCUT2D eigenvalue weighted by molar-refractivity contribution is 5.83. The minimum atomic E-state index is -1.03. The Bertz CT molecular complexity index is 387. The predicted molar refractivity (Wildman–Crippen MR) is 75.5 cm³/mol. The van der Waals surface area contributed by atoms with Crippen LogP contribution in [0.3, 0.4) is 0 Å². The lowest BCUT2D eigenvalue weighted by Crippen LogP contribution is -2.64. The first kappa shape index (κ1) is 16.8. The maximum absolute atomic E-state index is 12.0. The number of hydrogen-bond acceptors (Lipinski definition) is 3. The highest BCUT2D eigenvalue weighted by Gasteiger charge is 2.49. The van der Waals surface area contributed by atoms with Crippen molar-refractivity contribution in [3.8, 4) is 0 Å². The van der Waals surface area contributed by atoms with Crippen molar-refractivity contribution in [3.05, 3.63) is 0 Å². The molecular weight excluding hydrogens is 260 g/mol. The first-order chi connectivity index (χ1) is 9.00. The summed E-state index contributed by atoms with van der Waals surface area (Å²) in [6, 6.07) is -1.38. The van der Waals surface area contributed by atoms with Crippen molar-refractivity contribution in [1.82, 2.24) is 10.6 Å². The summed E-state index contributed by atoms with van der Waals surface area (Å²) in [5.74, 6) is -1.03. The zero-order valence-corrected chi connectivity index (χ0v) is 13.1. The molecule has 0 aromatic heterocycles. The molecule has 0 aromatic rings. The van der Waals surface area contributed by atoms with Crippen LogP contribution in [0.5, 0.6) is 0 Å². The molecule has 0 heterocycles. The smallest absolute Gasteiger partial charge is 0.326 e. The molecule has 0 saturated heterocycles. The molecule has 6 heteroatoms. The average Bonchev–Trinajstić information content (AvgIpc) is 2.29. The van der Waals surface area contributed by atoms with Crippen molar-refractivity contribution in [2.45, 2.75) is 59.2 Å². The van der Waals surface area contributed by atoms with Crippen LogP contribution >= 0.6 is 0 Å². The summed E-state index contributed by atoms with van der Waals surface area (Å²) < 4.78 is 5.32. The number of carboxylic acids is 1. The number of urea groups is 1. The standard InChI is InChI=1S/C14H26N2O4/c1-13(2,3)10(11(17)18)16-12(19)15-8-7-9(20-6)14(8,4)5/h8-10H,7H2,1-6H3,(H,17,18)(H2,15,16,19)/t8?,9?,10-/m1/s1. The van der Waals surface area contributed by atoms with Gasteiger partial charge < -0.3 is 20.5 Å². The van der Waals surface area contributed by atoms with E-state index < -0.39 is 23.5 Å². The molecule has 0 spiro atoms. The van der Waals surface area contributed by atoms with E-state index in [-0.39, 0.29) is 17.6 Å². The fourth-order valence-electron chi connectivity index (χ4n) is 2.51. The van der Waals surface area contributed by atoms with Gasteiger partial charge in [-0.05, 0) is 11.8 Å². The molecule has 20 heavy (non-hydrogen) atoms. The second-order valence-electron chi connectivity index (χ2n) is 7.09. The zero-order chi connectivity index (χ0) is 15.7. The molecular formula is C14H26N2O4. The number of carboxylic acid groups (broad SMARTS) is 1. The molecule has 3 atom stereocenters. The van der Waals surface area contributed by atoms with Crippen LogP contribution in [0.4, 0.5) is 4.79 Å². The molecule has 1 fully saturated rings. The predicted octanol–water partition coefficient (Wildman–Crippen LogP) is 1.60. The molecule has 0 aliphatic heterocycles. The van der Waals surface area contributed by atoms with Crippen LogP contribution in [0.25, 0.3) is 0 Å². The van der Waals surface area contributed by atoms with Crippen LogP contribution in [-0.4, -0.2) is 42.4 Å². The Balaban J connectivity index is 2.59. The molecule has 116 valence electrons. The largest absolute Gasteiger partial charge is 0.480 e. The monoisotopic (exact) mass is 286 g/mol. The second-order valence-corrected chi connectivity index (χ2v) is 7.09. The number of carbonyl (C=O) groups excluding carboxylic acids is 1. The van der Waals surface area contributed by atoms with E-state index in [1.54, 1.807) is 27.9 Å². The van der Waals surface area contributed by atoms with Gasteiger partial charge >= 0.3 is 12.0 Å². The van der Waals surface area contributed by atoms with Gasteiger partial charge in [0.05, 0.1) is 6.10 Å². The fourth-order valence-corrected chi connectivity index (χ4v) is 2.51. The Morgan fingerprint density at radius 1 is 1.35 bits per heavy atom. The number of rotatable bonds is 4. The van der Waals surface area contributed by atoms with Crippen LogP contribution in [0.2, 0.25) is 0 Å². The number of ether oxygens (including phenoxy) is 1. The summed E-state index contributed by atoms with van der Waals surface area (Å²) in [6.45, 7) is 9.38. The normalized spacial score (nSPS) is 26.3. The van der Waals surface area contributed by atoms with Gasteiger partial charge in [-0.25, -0.2) is 9.59 Å². The minimum absolute atomic E-state index is 0.0122. The zero-order valence-electron chi connectivity index (χ0n) is 13.1. The van der Waals surface area contributed by atoms with Crippen LogP contribution in [0.15, 0.2) is 0 Å². The summed E-state index contributed by atoms with van der Waals surface area (Å²) in [5.41, 5.74) is -0.695. The number of carbonyl (C=O) groups is 2. The van der Waals surface area contributed by atoms with Gasteiger partial charge in [0.2, 0.25) is 0 Å². The topological polar surface area (TPSA) is 87.7 Å². The lowest BCUT2D eigenvalue weighted by Gasteiger charge is -2.51. The summed E-state index contributed by atoms with van der Waals surface area (Å²) in [7, 11) is 1.66. The summed E-state index contributed by atoms with van der Waals surface area (Å²) >= 11 is 0. The fraction of sp³-hybridized carbons (Fsp3) is 0.857. The van der Waals surface area contributed by atoms with E-state index in [0.29, 0.717) is 0 Å². The molecule has 1 rings (SSSR count). The molecule has 1 aliphatic carbocycles. The highest BCUT2D eigenvalue weighted by atomic mass is 16.5. The Labute approximate surface area is 120 Å². The van der Waals surface area contributed by atoms with Crippen LogP contribution in [0.1, 0.15) is 41.0 Å². The second kappa shape index (κ2) is 5.60. The van der Waals surface area contributed by atoms with Gasteiger partial charge in [-0.3, -0.25) is 0 Å². The van der Waals surface area contributed by atoms with Crippen molar-refractivity contribution >= 4 is 12.0 Å². The number of aliphatic carboxylic acids is 1. The van der Waals surface area contributed by atoms with Crippen LogP contribution in [-0.2, 0) is 9.53 Å². The third-order valence-corrected chi connectivity index (χ3v) is 4.16. The van der Waals surface area contributed by atoms with E-state index in [4.69, 9.17) is 4.74 Å². The Hall–Kier alpha value is -1.30. The average molecular weight is 286 g/mol. The third-order valence-electron chi connectivity index (χ3n) is 4.16.